The standard InChI is InChI=1S/C20H14O13/c1-5-10(21)29-15-16(30-11(22)6-2)18(31-12(23)7-3)20(33-17(15)19(26)27)32-14(25)9-8-13(24)28-4/h1-3,8-9,15-18,20H,4H3,(H,26,27)/b9-8+/t15-,16-,17-,18+,20-/m0/s1. The number of aliphatic carboxylic acids is 1. The second-order valence-electron chi connectivity index (χ2n) is 5.60. The molecule has 0 spiro atoms. The highest BCUT2D eigenvalue weighted by Crippen LogP contribution is 2.30. The Balaban J connectivity index is 3.47. The van der Waals surface area contributed by atoms with Gasteiger partial charge in [0.25, 0.3) is 0 Å². The molecule has 172 valence electrons. The molecule has 33 heavy (non-hydrogen) atoms. The number of methoxy groups -OCH3 is 1. The predicted molar refractivity (Wildman–Crippen MR) is 99.7 cm³/mol. The van der Waals surface area contributed by atoms with Crippen molar-refractivity contribution in [2.24, 2.45) is 0 Å². The van der Waals surface area contributed by atoms with Crippen LogP contribution in [0.15, 0.2) is 12.2 Å². The lowest BCUT2D eigenvalue weighted by molar-refractivity contribution is -0.291. The van der Waals surface area contributed by atoms with Crippen molar-refractivity contribution in [2.45, 2.75) is 30.7 Å². The first-order chi connectivity index (χ1) is 15.6. The first-order valence-electron chi connectivity index (χ1n) is 8.44. The number of esters is 5. The number of terminal acetylenes is 3. The molecule has 1 rings (SSSR count). The molecule has 0 unspecified atom stereocenters. The summed E-state index contributed by atoms with van der Waals surface area (Å²) < 4.78 is 28.7. The van der Waals surface area contributed by atoms with E-state index in [2.05, 4.69) is 4.74 Å². The van der Waals surface area contributed by atoms with Crippen LogP contribution in [-0.2, 0) is 57.2 Å². The van der Waals surface area contributed by atoms with Crippen LogP contribution in [0, 0.1) is 37.0 Å². The van der Waals surface area contributed by atoms with Gasteiger partial charge < -0.3 is 33.5 Å². The van der Waals surface area contributed by atoms with E-state index >= 15 is 0 Å². The lowest BCUT2D eigenvalue weighted by Gasteiger charge is -2.41. The molecule has 0 aliphatic carbocycles. The molecule has 0 aromatic heterocycles. The smallest absolute Gasteiger partial charge is 0.384 e. The number of hydrogen-bond donors (Lipinski definition) is 1. The van der Waals surface area contributed by atoms with E-state index in [4.69, 9.17) is 43.0 Å². The molecule has 0 radical (unpaired) electrons. The van der Waals surface area contributed by atoms with Gasteiger partial charge in [0, 0.05) is 29.9 Å². The van der Waals surface area contributed by atoms with Gasteiger partial charge in [0.2, 0.25) is 12.4 Å². The van der Waals surface area contributed by atoms with Gasteiger partial charge in [0.15, 0.2) is 18.3 Å². The number of rotatable bonds is 7. The van der Waals surface area contributed by atoms with Gasteiger partial charge in [-0.05, 0) is 0 Å². The van der Waals surface area contributed by atoms with E-state index < -0.39 is 66.5 Å². The Bertz CT molecular complexity index is 987. The fourth-order valence-corrected chi connectivity index (χ4v) is 2.32. The number of hydrogen-bond acceptors (Lipinski definition) is 12. The lowest BCUT2D eigenvalue weighted by atomic mass is 9.97. The minimum atomic E-state index is -2.17. The Kier molecular flexibility index (Phi) is 9.66. The number of carbonyl (C=O) groups excluding carboxylic acids is 5. The molecule has 1 aliphatic heterocycles. The highest BCUT2D eigenvalue weighted by molar-refractivity contribution is 5.92. The molecule has 0 amide bonds. The Labute approximate surface area is 185 Å². The third kappa shape index (κ3) is 7.43. The molecule has 5 atom stereocenters. The zero-order chi connectivity index (χ0) is 25.1. The van der Waals surface area contributed by atoms with Crippen LogP contribution in [0.4, 0.5) is 0 Å². The van der Waals surface area contributed by atoms with Crippen LogP contribution in [0.2, 0.25) is 0 Å². The Morgan fingerprint density at radius 2 is 1.21 bits per heavy atom. The third-order valence-electron chi connectivity index (χ3n) is 3.61. The topological polar surface area (TPSA) is 178 Å². The maximum Gasteiger partial charge on any atom is 0.384 e. The molecule has 0 bridgehead atoms. The maximum absolute atomic E-state index is 12.0. The summed E-state index contributed by atoms with van der Waals surface area (Å²) in [6.45, 7) is 0. The Hall–Kier alpha value is -4.80. The molecule has 0 aromatic carbocycles. The van der Waals surface area contributed by atoms with E-state index in [0.29, 0.717) is 12.2 Å². The minimum absolute atomic E-state index is 0.567. The third-order valence-corrected chi connectivity index (χ3v) is 3.61. The number of carboxylic acid groups (broad SMARTS) is 1. The molecular weight excluding hydrogens is 448 g/mol. The van der Waals surface area contributed by atoms with Crippen LogP contribution in [0.5, 0.6) is 0 Å². The second kappa shape index (κ2) is 12.2. The molecule has 1 aliphatic rings. The van der Waals surface area contributed by atoms with E-state index in [1.54, 1.807) is 11.8 Å². The summed E-state index contributed by atoms with van der Waals surface area (Å²) in [6, 6.07) is 0. The van der Waals surface area contributed by atoms with Gasteiger partial charge in [-0.1, -0.05) is 0 Å². The molecule has 1 saturated heterocycles. The zero-order valence-corrected chi connectivity index (χ0v) is 16.6. The van der Waals surface area contributed by atoms with Crippen LogP contribution in [-0.4, -0.2) is 78.7 Å². The van der Waals surface area contributed by atoms with Gasteiger partial charge in [-0.3, -0.25) is 0 Å². The number of carbonyl (C=O) groups is 6. The van der Waals surface area contributed by atoms with Gasteiger partial charge in [0.1, 0.15) is 0 Å². The SMILES string of the molecule is C#CC(=O)O[C@@H]1[C@@H](OC(=O)C#C)[C@@H](OC(=O)/C=C/C(=O)OC)O[C@H](C(=O)O)[C@H]1OC(=O)C#C. The quantitative estimate of drug-likeness (QED) is 0.141. The lowest BCUT2D eigenvalue weighted by Crippen LogP contribution is -2.64. The van der Waals surface area contributed by atoms with Crippen molar-refractivity contribution in [1.29, 1.82) is 0 Å². The van der Waals surface area contributed by atoms with E-state index in [1.165, 1.54) is 5.92 Å². The molecule has 1 heterocycles. The van der Waals surface area contributed by atoms with Crippen molar-refractivity contribution in [3.8, 4) is 37.0 Å². The average Bonchev–Trinajstić information content (AvgIpc) is 2.79. The van der Waals surface area contributed by atoms with Gasteiger partial charge in [-0.25, -0.2) is 28.8 Å². The summed E-state index contributed by atoms with van der Waals surface area (Å²) in [7, 11) is 1.02. The first kappa shape index (κ1) is 26.2. The van der Waals surface area contributed by atoms with Crippen molar-refractivity contribution in [2.75, 3.05) is 7.11 Å². The summed E-state index contributed by atoms with van der Waals surface area (Å²) >= 11 is 0. The molecule has 1 fully saturated rings. The molecule has 13 heteroatoms. The summed E-state index contributed by atoms with van der Waals surface area (Å²) in [5.41, 5.74) is 0. The normalized spacial score (nSPS) is 23.5. The van der Waals surface area contributed by atoms with Crippen molar-refractivity contribution >= 4 is 35.8 Å². The molecule has 0 aromatic rings. The van der Waals surface area contributed by atoms with Crippen molar-refractivity contribution in [1.82, 2.24) is 0 Å². The van der Waals surface area contributed by atoms with Gasteiger partial charge in [-0.15, -0.1) is 19.3 Å². The fourth-order valence-electron chi connectivity index (χ4n) is 2.32. The minimum Gasteiger partial charge on any atom is -0.479 e. The van der Waals surface area contributed by atoms with Gasteiger partial charge in [-0.2, -0.15) is 0 Å². The summed E-state index contributed by atoms with van der Waals surface area (Å²) in [6.07, 6.45) is 5.69. The average molecular weight is 462 g/mol. The number of ether oxygens (including phenoxy) is 6. The maximum atomic E-state index is 12.0. The molecular formula is C20H14O13. The Morgan fingerprint density at radius 3 is 1.67 bits per heavy atom. The van der Waals surface area contributed by atoms with Gasteiger partial charge in [0.05, 0.1) is 7.11 Å². The first-order valence-corrected chi connectivity index (χ1v) is 8.44. The highest BCUT2D eigenvalue weighted by Gasteiger charge is 2.56. The van der Waals surface area contributed by atoms with Crippen molar-refractivity contribution in [3.05, 3.63) is 12.2 Å². The van der Waals surface area contributed by atoms with Gasteiger partial charge >= 0.3 is 35.8 Å². The monoisotopic (exact) mass is 462 g/mol. The summed E-state index contributed by atoms with van der Waals surface area (Å²) in [5, 5.41) is 9.47. The largest absolute Gasteiger partial charge is 0.479 e. The van der Waals surface area contributed by atoms with E-state index in [1.807, 2.05) is 0 Å². The van der Waals surface area contributed by atoms with Crippen LogP contribution >= 0.6 is 0 Å². The van der Waals surface area contributed by atoms with E-state index in [0.717, 1.165) is 7.11 Å². The summed E-state index contributed by atoms with van der Waals surface area (Å²) in [5.74, 6) is -3.63. The fraction of sp³-hybridized carbons (Fsp3) is 0.300. The van der Waals surface area contributed by atoms with E-state index in [-0.39, 0.29) is 0 Å². The van der Waals surface area contributed by atoms with Crippen LogP contribution in [0.25, 0.3) is 0 Å². The Morgan fingerprint density at radius 1 is 0.758 bits per heavy atom. The highest BCUT2D eigenvalue weighted by atomic mass is 16.7. The number of carboxylic acids is 1. The van der Waals surface area contributed by atoms with Crippen molar-refractivity contribution < 1.29 is 62.3 Å². The zero-order valence-electron chi connectivity index (χ0n) is 16.6. The van der Waals surface area contributed by atoms with E-state index in [9.17, 15) is 33.9 Å². The molecule has 1 N–H and O–H groups in total. The van der Waals surface area contributed by atoms with Crippen LogP contribution in [0.1, 0.15) is 0 Å². The molecule has 0 saturated carbocycles. The van der Waals surface area contributed by atoms with Crippen LogP contribution < -0.4 is 0 Å². The summed E-state index contributed by atoms with van der Waals surface area (Å²) in [4.78, 5) is 69.9. The van der Waals surface area contributed by atoms with Crippen molar-refractivity contribution in [3.63, 3.8) is 0 Å². The second-order valence-corrected chi connectivity index (χ2v) is 5.60. The molecule has 13 nitrogen and oxygen atoms in total. The predicted octanol–water partition coefficient (Wildman–Crippen LogP) is -2.30. The van der Waals surface area contributed by atoms with Crippen LogP contribution in [0.3, 0.4) is 0 Å².